The fourth-order valence-electron chi connectivity index (χ4n) is 3.68. The summed E-state index contributed by atoms with van der Waals surface area (Å²) in [5.41, 5.74) is 1.24. The summed E-state index contributed by atoms with van der Waals surface area (Å²) in [5.74, 6) is -1.25. The summed E-state index contributed by atoms with van der Waals surface area (Å²) >= 11 is 1.34. The number of aliphatic hydroxyl groups excluding tert-OH is 4. The molecule has 0 radical (unpaired) electrons. The van der Waals surface area contributed by atoms with Gasteiger partial charge in [0.1, 0.15) is 28.8 Å². The van der Waals surface area contributed by atoms with Crippen LogP contribution in [0.5, 0.6) is 0 Å². The van der Waals surface area contributed by atoms with Crippen molar-refractivity contribution < 1.29 is 33.9 Å². The van der Waals surface area contributed by atoms with Crippen molar-refractivity contribution in [1.29, 1.82) is 0 Å². The van der Waals surface area contributed by atoms with Gasteiger partial charge in [0.25, 0.3) is 0 Å². The van der Waals surface area contributed by atoms with Crippen LogP contribution in [-0.2, 0) is 11.2 Å². The lowest BCUT2D eigenvalue weighted by atomic mass is 10.1. The van der Waals surface area contributed by atoms with Gasteiger partial charge in [0.15, 0.2) is 0 Å². The quantitative estimate of drug-likeness (QED) is 0.389. The number of aromatic nitrogens is 1. The van der Waals surface area contributed by atoms with E-state index < -0.39 is 36.1 Å². The van der Waals surface area contributed by atoms with Gasteiger partial charge in [0.2, 0.25) is 0 Å². The standard InChI is InChI=1S/C22H30F2N2O5S/c23-15-8-14(9-16(24)10-15)22-25-17(13-32-22)4-7-31-6-3-1-2-5-26-11-18(27)20(29)21(30)19(28)12-26/h8-10,13,18-21,27-30H,1-7,11-12H2/t18-,19-,20+,21+/m0/s1. The highest BCUT2D eigenvalue weighted by molar-refractivity contribution is 7.13. The lowest BCUT2D eigenvalue weighted by Crippen LogP contribution is -2.43. The number of ether oxygens (including phenoxy) is 1. The molecule has 32 heavy (non-hydrogen) atoms. The van der Waals surface area contributed by atoms with Gasteiger partial charge in [-0.25, -0.2) is 13.8 Å². The number of thiazole rings is 1. The van der Waals surface area contributed by atoms with E-state index in [0.29, 0.717) is 36.8 Å². The van der Waals surface area contributed by atoms with Gasteiger partial charge in [-0.15, -0.1) is 11.3 Å². The Bertz CT molecular complexity index is 819. The predicted molar refractivity (Wildman–Crippen MR) is 116 cm³/mol. The van der Waals surface area contributed by atoms with Crippen LogP contribution in [0.25, 0.3) is 10.6 Å². The molecule has 0 saturated carbocycles. The Kier molecular flexibility index (Phi) is 9.47. The first kappa shape index (κ1) is 25.1. The molecule has 0 spiro atoms. The molecule has 0 amide bonds. The molecule has 2 aromatic rings. The summed E-state index contributed by atoms with van der Waals surface area (Å²) in [6.45, 7) is 2.17. The average molecular weight is 473 g/mol. The van der Waals surface area contributed by atoms with Crippen molar-refractivity contribution in [2.75, 3.05) is 32.8 Å². The van der Waals surface area contributed by atoms with Crippen LogP contribution in [0, 0.1) is 11.6 Å². The molecule has 2 heterocycles. The molecule has 1 fully saturated rings. The number of β-amino-alcohol motifs (C(OH)–C–C–N with tert-alkyl or cyclic N) is 2. The Balaban J connectivity index is 1.29. The number of likely N-dealkylation sites (tertiary alicyclic amines) is 1. The monoisotopic (exact) mass is 472 g/mol. The van der Waals surface area contributed by atoms with Gasteiger partial charge in [-0.3, -0.25) is 4.90 Å². The van der Waals surface area contributed by atoms with Gasteiger partial charge in [0, 0.05) is 43.1 Å². The molecule has 1 aliphatic rings. The number of nitrogens with zero attached hydrogens (tertiary/aromatic N) is 2. The van der Waals surface area contributed by atoms with E-state index in [0.717, 1.165) is 31.0 Å². The number of unbranched alkanes of at least 4 members (excludes halogenated alkanes) is 2. The molecule has 178 valence electrons. The van der Waals surface area contributed by atoms with E-state index in [4.69, 9.17) is 4.74 Å². The number of hydrogen-bond donors (Lipinski definition) is 4. The second-order valence-electron chi connectivity index (χ2n) is 8.10. The first-order valence-corrected chi connectivity index (χ1v) is 11.6. The zero-order valence-electron chi connectivity index (χ0n) is 17.7. The van der Waals surface area contributed by atoms with E-state index in [9.17, 15) is 29.2 Å². The first-order valence-electron chi connectivity index (χ1n) is 10.8. The van der Waals surface area contributed by atoms with Gasteiger partial charge in [-0.1, -0.05) is 0 Å². The third kappa shape index (κ3) is 7.24. The predicted octanol–water partition coefficient (Wildman–Crippen LogP) is 1.58. The lowest BCUT2D eigenvalue weighted by Gasteiger charge is -2.23. The average Bonchev–Trinajstić information content (AvgIpc) is 3.19. The Morgan fingerprint density at radius 2 is 1.59 bits per heavy atom. The molecule has 10 heteroatoms. The van der Waals surface area contributed by atoms with Gasteiger partial charge in [-0.05, 0) is 37.9 Å². The highest BCUT2D eigenvalue weighted by atomic mass is 32.1. The maximum atomic E-state index is 13.4. The summed E-state index contributed by atoms with van der Waals surface area (Å²) in [4.78, 5) is 6.26. The van der Waals surface area contributed by atoms with E-state index in [1.165, 1.54) is 23.5 Å². The third-order valence-electron chi connectivity index (χ3n) is 5.46. The van der Waals surface area contributed by atoms with E-state index in [2.05, 4.69) is 4.98 Å². The fourth-order valence-corrected chi connectivity index (χ4v) is 4.53. The van der Waals surface area contributed by atoms with Crippen molar-refractivity contribution in [1.82, 2.24) is 9.88 Å². The second-order valence-corrected chi connectivity index (χ2v) is 8.96. The van der Waals surface area contributed by atoms with E-state index in [1.807, 2.05) is 10.3 Å². The minimum Gasteiger partial charge on any atom is -0.389 e. The molecule has 1 aromatic carbocycles. The molecule has 1 saturated heterocycles. The molecule has 1 aromatic heterocycles. The topological polar surface area (TPSA) is 106 Å². The maximum Gasteiger partial charge on any atom is 0.126 e. The molecule has 4 atom stereocenters. The Morgan fingerprint density at radius 1 is 0.938 bits per heavy atom. The molecule has 4 N–H and O–H groups in total. The van der Waals surface area contributed by atoms with Crippen molar-refractivity contribution in [3.63, 3.8) is 0 Å². The minimum absolute atomic E-state index is 0.212. The number of benzene rings is 1. The van der Waals surface area contributed by atoms with Gasteiger partial charge in [-0.2, -0.15) is 0 Å². The molecule has 1 aliphatic heterocycles. The summed E-state index contributed by atoms with van der Waals surface area (Å²) in [6, 6.07) is 3.36. The van der Waals surface area contributed by atoms with E-state index in [1.54, 1.807) is 0 Å². The van der Waals surface area contributed by atoms with Crippen molar-refractivity contribution in [3.05, 3.63) is 40.9 Å². The zero-order valence-corrected chi connectivity index (χ0v) is 18.6. The van der Waals surface area contributed by atoms with Crippen LogP contribution >= 0.6 is 11.3 Å². The van der Waals surface area contributed by atoms with Crippen molar-refractivity contribution in [3.8, 4) is 10.6 Å². The minimum atomic E-state index is -1.34. The molecule has 0 aliphatic carbocycles. The zero-order chi connectivity index (χ0) is 23.1. The Morgan fingerprint density at radius 3 is 2.25 bits per heavy atom. The fraction of sp³-hybridized carbons (Fsp3) is 0.591. The van der Waals surface area contributed by atoms with E-state index in [-0.39, 0.29) is 13.1 Å². The normalized spacial score (nSPS) is 24.6. The number of rotatable bonds is 10. The Labute approximate surface area is 189 Å². The highest BCUT2D eigenvalue weighted by Gasteiger charge is 2.35. The summed E-state index contributed by atoms with van der Waals surface area (Å²) in [6.07, 6.45) is -1.64. The van der Waals surface area contributed by atoms with Crippen LogP contribution in [0.4, 0.5) is 8.78 Å². The van der Waals surface area contributed by atoms with Crippen LogP contribution in [0.2, 0.25) is 0 Å². The molecular formula is C22H30F2N2O5S. The molecule has 3 rings (SSSR count). The lowest BCUT2D eigenvalue weighted by molar-refractivity contribution is -0.0894. The second kappa shape index (κ2) is 12.1. The van der Waals surface area contributed by atoms with Crippen molar-refractivity contribution in [2.45, 2.75) is 50.1 Å². The summed E-state index contributed by atoms with van der Waals surface area (Å²) in [5, 5.41) is 41.7. The van der Waals surface area contributed by atoms with Crippen molar-refractivity contribution in [2.24, 2.45) is 0 Å². The SMILES string of the molecule is O[C@H]1[C@H](O)[C@@H](O)CN(CCCCCOCCc2csc(-c3cc(F)cc(F)c3)n2)C[C@@H]1O. The van der Waals surface area contributed by atoms with E-state index >= 15 is 0 Å². The van der Waals surface area contributed by atoms with Crippen LogP contribution in [0.1, 0.15) is 25.0 Å². The van der Waals surface area contributed by atoms with Crippen LogP contribution < -0.4 is 0 Å². The first-order chi connectivity index (χ1) is 15.3. The maximum absolute atomic E-state index is 13.4. The van der Waals surface area contributed by atoms with Gasteiger partial charge < -0.3 is 25.2 Å². The largest absolute Gasteiger partial charge is 0.389 e. The van der Waals surface area contributed by atoms with Crippen LogP contribution in [-0.4, -0.2) is 87.6 Å². The van der Waals surface area contributed by atoms with Crippen LogP contribution in [0.15, 0.2) is 23.6 Å². The Hall–Kier alpha value is -1.53. The molecule has 0 bridgehead atoms. The van der Waals surface area contributed by atoms with Gasteiger partial charge in [0.05, 0.1) is 24.5 Å². The summed E-state index contributed by atoms with van der Waals surface area (Å²) in [7, 11) is 0. The number of hydrogen-bond acceptors (Lipinski definition) is 8. The molecular weight excluding hydrogens is 442 g/mol. The molecule has 0 unspecified atom stereocenters. The smallest absolute Gasteiger partial charge is 0.126 e. The molecule has 7 nitrogen and oxygen atoms in total. The van der Waals surface area contributed by atoms with Crippen molar-refractivity contribution >= 4 is 11.3 Å². The number of halogens is 2. The van der Waals surface area contributed by atoms with Crippen LogP contribution in [0.3, 0.4) is 0 Å². The third-order valence-corrected chi connectivity index (χ3v) is 6.40. The highest BCUT2D eigenvalue weighted by Crippen LogP contribution is 2.25. The van der Waals surface area contributed by atoms with Gasteiger partial charge >= 0.3 is 0 Å². The number of aliphatic hydroxyl groups is 4. The summed E-state index contributed by atoms with van der Waals surface area (Å²) < 4.78 is 32.4.